The third-order valence-electron chi connectivity index (χ3n) is 1.91. The zero-order valence-electron chi connectivity index (χ0n) is 7.88. The van der Waals surface area contributed by atoms with Gasteiger partial charge in [0.15, 0.2) is 0 Å². The molecule has 2 aromatic rings. The Morgan fingerprint density at radius 3 is 2.73 bits per heavy atom. The van der Waals surface area contributed by atoms with Crippen molar-refractivity contribution in [3.05, 3.63) is 41.7 Å². The van der Waals surface area contributed by atoms with Crippen molar-refractivity contribution in [3.8, 4) is 0 Å². The van der Waals surface area contributed by atoms with Crippen molar-refractivity contribution in [1.82, 2.24) is 20.0 Å². The summed E-state index contributed by atoms with van der Waals surface area (Å²) in [6.45, 7) is 0. The van der Waals surface area contributed by atoms with Crippen LogP contribution in [0.15, 0.2) is 24.5 Å². The van der Waals surface area contributed by atoms with Gasteiger partial charge in [-0.1, -0.05) is 5.21 Å². The van der Waals surface area contributed by atoms with E-state index in [1.165, 1.54) is 23.0 Å². The Morgan fingerprint density at radius 1 is 1.40 bits per heavy atom. The molecule has 0 atom stereocenters. The Hall–Kier alpha value is -2.11. The van der Waals surface area contributed by atoms with Crippen LogP contribution in [0, 0.1) is 5.82 Å². The van der Waals surface area contributed by atoms with E-state index in [0.717, 1.165) is 6.20 Å². The molecule has 2 rings (SSSR count). The van der Waals surface area contributed by atoms with Crippen LogP contribution >= 0.6 is 0 Å². The molecule has 0 amide bonds. The zero-order valence-corrected chi connectivity index (χ0v) is 7.88. The minimum absolute atomic E-state index is 0.168. The zero-order chi connectivity index (χ0) is 10.8. The highest BCUT2D eigenvalue weighted by molar-refractivity contribution is 6.06. The van der Waals surface area contributed by atoms with Gasteiger partial charge in [0, 0.05) is 7.05 Å². The molecule has 6 heteroatoms. The van der Waals surface area contributed by atoms with E-state index >= 15 is 0 Å². The van der Waals surface area contributed by atoms with Crippen LogP contribution in [0.1, 0.15) is 16.2 Å². The van der Waals surface area contributed by atoms with Crippen LogP contribution in [0.5, 0.6) is 0 Å². The molecule has 0 saturated heterocycles. The number of carbonyl (C=O) groups is 1. The maximum absolute atomic E-state index is 12.6. The molecule has 0 radical (unpaired) electrons. The fourth-order valence-corrected chi connectivity index (χ4v) is 1.14. The lowest BCUT2D eigenvalue weighted by molar-refractivity contribution is 0.102. The van der Waals surface area contributed by atoms with Gasteiger partial charge in [-0.05, 0) is 12.1 Å². The van der Waals surface area contributed by atoms with E-state index in [4.69, 9.17) is 0 Å². The number of hydrogen-bond acceptors (Lipinski definition) is 4. The first kappa shape index (κ1) is 9.45. The standard InChI is InChI=1S/C9H7FN4O/c1-14-8(5-12-13-14)9(15)7-3-2-6(10)4-11-7/h2-5H,1H3. The summed E-state index contributed by atoms with van der Waals surface area (Å²) < 4.78 is 13.9. The van der Waals surface area contributed by atoms with Gasteiger partial charge in [0.2, 0.25) is 5.78 Å². The van der Waals surface area contributed by atoms with Crippen LogP contribution in [-0.2, 0) is 7.05 Å². The molecule has 0 saturated carbocycles. The summed E-state index contributed by atoms with van der Waals surface area (Å²) in [5.41, 5.74) is 0.482. The van der Waals surface area contributed by atoms with E-state index in [1.54, 1.807) is 7.05 Å². The van der Waals surface area contributed by atoms with Crippen LogP contribution in [0.25, 0.3) is 0 Å². The number of hydrogen-bond donors (Lipinski definition) is 0. The molecule has 5 nitrogen and oxygen atoms in total. The first-order valence-corrected chi connectivity index (χ1v) is 4.19. The monoisotopic (exact) mass is 206 g/mol. The Balaban J connectivity index is 2.37. The van der Waals surface area contributed by atoms with E-state index in [2.05, 4.69) is 15.3 Å². The fraction of sp³-hybridized carbons (Fsp3) is 0.111. The van der Waals surface area contributed by atoms with Crippen molar-refractivity contribution < 1.29 is 9.18 Å². The van der Waals surface area contributed by atoms with Crippen molar-refractivity contribution in [2.24, 2.45) is 7.05 Å². The van der Waals surface area contributed by atoms with Crippen LogP contribution in [0.3, 0.4) is 0 Å². The summed E-state index contributed by atoms with van der Waals surface area (Å²) in [5, 5.41) is 7.20. The molecule has 2 aromatic heterocycles. The van der Waals surface area contributed by atoms with Gasteiger partial charge < -0.3 is 0 Å². The highest BCUT2D eigenvalue weighted by Crippen LogP contribution is 2.05. The van der Waals surface area contributed by atoms with Crippen LogP contribution in [0.4, 0.5) is 4.39 Å². The summed E-state index contributed by atoms with van der Waals surface area (Å²) in [6.07, 6.45) is 2.34. The highest BCUT2D eigenvalue weighted by Gasteiger charge is 2.14. The van der Waals surface area contributed by atoms with Crippen molar-refractivity contribution in [1.29, 1.82) is 0 Å². The molecule has 76 valence electrons. The number of pyridine rings is 1. The summed E-state index contributed by atoms with van der Waals surface area (Å²) >= 11 is 0. The van der Waals surface area contributed by atoms with Crippen molar-refractivity contribution >= 4 is 5.78 Å². The van der Waals surface area contributed by atoms with Gasteiger partial charge in [-0.25, -0.2) is 14.1 Å². The van der Waals surface area contributed by atoms with E-state index in [9.17, 15) is 9.18 Å². The largest absolute Gasteiger partial charge is 0.285 e. The van der Waals surface area contributed by atoms with E-state index in [-0.39, 0.29) is 11.5 Å². The highest BCUT2D eigenvalue weighted by atomic mass is 19.1. The molecule has 0 bridgehead atoms. The maximum atomic E-state index is 12.6. The van der Waals surface area contributed by atoms with Gasteiger partial charge in [0.25, 0.3) is 0 Å². The molecule has 0 spiro atoms. The normalized spacial score (nSPS) is 10.3. The quantitative estimate of drug-likeness (QED) is 0.674. The van der Waals surface area contributed by atoms with Gasteiger partial charge in [-0.15, -0.1) is 5.10 Å². The second-order valence-corrected chi connectivity index (χ2v) is 2.93. The lowest BCUT2D eigenvalue weighted by atomic mass is 10.2. The second kappa shape index (κ2) is 3.56. The fourth-order valence-electron chi connectivity index (χ4n) is 1.14. The van der Waals surface area contributed by atoms with Crippen molar-refractivity contribution in [2.75, 3.05) is 0 Å². The molecular formula is C9H7FN4O. The van der Waals surface area contributed by atoms with Crippen LogP contribution in [0.2, 0.25) is 0 Å². The van der Waals surface area contributed by atoms with Crippen molar-refractivity contribution in [3.63, 3.8) is 0 Å². The Kier molecular flexibility index (Phi) is 2.24. The van der Waals surface area contributed by atoms with Gasteiger partial charge in [0.05, 0.1) is 12.4 Å². The Labute approximate surface area is 84.6 Å². The SMILES string of the molecule is Cn1nncc1C(=O)c1ccc(F)cn1. The number of ketones is 1. The minimum Gasteiger partial charge on any atom is -0.285 e. The number of carbonyl (C=O) groups excluding carboxylic acids is 1. The average Bonchev–Trinajstić information content (AvgIpc) is 2.65. The molecule has 2 heterocycles. The van der Waals surface area contributed by atoms with Crippen molar-refractivity contribution in [2.45, 2.75) is 0 Å². The predicted molar refractivity (Wildman–Crippen MR) is 48.6 cm³/mol. The first-order valence-electron chi connectivity index (χ1n) is 4.19. The van der Waals surface area contributed by atoms with Crippen LogP contribution in [-0.4, -0.2) is 25.8 Å². The smallest absolute Gasteiger partial charge is 0.230 e. The van der Waals surface area contributed by atoms with Gasteiger partial charge in [-0.3, -0.25) is 4.79 Å². The van der Waals surface area contributed by atoms with Gasteiger partial charge in [0.1, 0.15) is 17.2 Å². The van der Waals surface area contributed by atoms with Gasteiger partial charge >= 0.3 is 0 Å². The molecule has 15 heavy (non-hydrogen) atoms. The van der Waals surface area contributed by atoms with E-state index in [0.29, 0.717) is 5.69 Å². The predicted octanol–water partition coefficient (Wildman–Crippen LogP) is 0.580. The maximum Gasteiger partial charge on any atom is 0.230 e. The molecule has 0 aliphatic heterocycles. The molecule has 0 aliphatic rings. The minimum atomic E-state index is -0.477. The summed E-state index contributed by atoms with van der Waals surface area (Å²) in [6, 6.07) is 2.51. The summed E-state index contributed by atoms with van der Waals surface area (Å²) in [4.78, 5) is 15.4. The summed E-state index contributed by atoms with van der Waals surface area (Å²) in [5.74, 6) is -0.808. The lowest BCUT2D eigenvalue weighted by Crippen LogP contribution is -2.09. The van der Waals surface area contributed by atoms with Crippen LogP contribution < -0.4 is 0 Å². The molecule has 0 unspecified atom stereocenters. The molecular weight excluding hydrogens is 199 g/mol. The Morgan fingerprint density at radius 2 is 2.20 bits per heavy atom. The second-order valence-electron chi connectivity index (χ2n) is 2.93. The molecule has 0 aliphatic carbocycles. The average molecular weight is 206 g/mol. The summed E-state index contributed by atoms with van der Waals surface area (Å²) in [7, 11) is 1.60. The lowest BCUT2D eigenvalue weighted by Gasteiger charge is -1.98. The van der Waals surface area contributed by atoms with Gasteiger partial charge in [-0.2, -0.15) is 0 Å². The number of rotatable bonds is 2. The molecule has 0 fully saturated rings. The number of aromatic nitrogens is 4. The molecule has 0 N–H and O–H groups in total. The van der Waals surface area contributed by atoms with E-state index < -0.39 is 5.82 Å². The van der Waals surface area contributed by atoms with E-state index in [1.807, 2.05) is 0 Å². The first-order chi connectivity index (χ1) is 7.18. The topological polar surface area (TPSA) is 60.7 Å². The third kappa shape index (κ3) is 1.74. The Bertz CT molecular complexity index is 491. The number of nitrogens with zero attached hydrogens (tertiary/aromatic N) is 4. The third-order valence-corrected chi connectivity index (χ3v) is 1.91. The number of halogens is 1. The number of aryl methyl sites for hydroxylation is 1. The molecule has 0 aromatic carbocycles.